The lowest BCUT2D eigenvalue weighted by molar-refractivity contribution is -0.132. The number of carbonyl (C=O) groups is 2. The molecule has 1 aromatic rings. The van der Waals surface area contributed by atoms with Crippen LogP contribution in [0, 0.1) is 0 Å². The SMILES string of the molecule is C/C(=C\C(=O)Nc1ccc(C(C)(C)C)cc1)C(=O)O. The second-order valence-corrected chi connectivity index (χ2v) is 5.45. The first-order valence-electron chi connectivity index (χ1n) is 6.03. The summed E-state index contributed by atoms with van der Waals surface area (Å²) in [4.78, 5) is 22.2. The summed E-state index contributed by atoms with van der Waals surface area (Å²) in [6, 6.07) is 7.51. The smallest absolute Gasteiger partial charge is 0.331 e. The largest absolute Gasteiger partial charge is 0.478 e. The topological polar surface area (TPSA) is 66.4 Å². The number of carbonyl (C=O) groups excluding carboxylic acids is 1. The van der Waals surface area contributed by atoms with E-state index in [2.05, 4.69) is 26.1 Å². The summed E-state index contributed by atoms with van der Waals surface area (Å²) in [7, 11) is 0. The van der Waals surface area contributed by atoms with Crippen LogP contribution >= 0.6 is 0 Å². The molecule has 1 aromatic carbocycles. The van der Waals surface area contributed by atoms with Crippen LogP contribution in [-0.2, 0) is 15.0 Å². The molecule has 0 aliphatic carbocycles. The van der Waals surface area contributed by atoms with Gasteiger partial charge in [0.2, 0.25) is 5.91 Å². The molecule has 102 valence electrons. The molecule has 0 spiro atoms. The van der Waals surface area contributed by atoms with Crippen LogP contribution in [0.1, 0.15) is 33.3 Å². The Morgan fingerprint density at radius 2 is 1.68 bits per heavy atom. The molecule has 0 aliphatic heterocycles. The van der Waals surface area contributed by atoms with Crippen LogP contribution in [0.4, 0.5) is 5.69 Å². The predicted octanol–water partition coefficient (Wildman–Crippen LogP) is 2.95. The van der Waals surface area contributed by atoms with Crippen molar-refractivity contribution in [2.75, 3.05) is 5.32 Å². The van der Waals surface area contributed by atoms with Crippen molar-refractivity contribution in [3.63, 3.8) is 0 Å². The third-order valence-electron chi connectivity index (χ3n) is 2.70. The van der Waals surface area contributed by atoms with E-state index in [0.717, 1.165) is 6.08 Å². The monoisotopic (exact) mass is 261 g/mol. The first-order chi connectivity index (χ1) is 8.70. The Balaban J connectivity index is 2.77. The van der Waals surface area contributed by atoms with Crippen molar-refractivity contribution in [1.29, 1.82) is 0 Å². The van der Waals surface area contributed by atoms with E-state index in [1.165, 1.54) is 12.5 Å². The molecule has 0 aromatic heterocycles. The summed E-state index contributed by atoms with van der Waals surface area (Å²) in [5.74, 6) is -1.54. The van der Waals surface area contributed by atoms with Crippen molar-refractivity contribution in [2.45, 2.75) is 33.1 Å². The van der Waals surface area contributed by atoms with Gasteiger partial charge in [0.05, 0.1) is 0 Å². The number of hydrogen-bond acceptors (Lipinski definition) is 2. The van der Waals surface area contributed by atoms with Crippen molar-refractivity contribution >= 4 is 17.6 Å². The van der Waals surface area contributed by atoms with Gasteiger partial charge in [-0.2, -0.15) is 0 Å². The molecule has 0 unspecified atom stereocenters. The van der Waals surface area contributed by atoms with E-state index < -0.39 is 11.9 Å². The Labute approximate surface area is 113 Å². The minimum absolute atomic E-state index is 0.00353. The lowest BCUT2D eigenvalue weighted by Gasteiger charge is -2.19. The van der Waals surface area contributed by atoms with Gasteiger partial charge < -0.3 is 10.4 Å². The lowest BCUT2D eigenvalue weighted by Crippen LogP contribution is -2.13. The van der Waals surface area contributed by atoms with Crippen molar-refractivity contribution in [1.82, 2.24) is 0 Å². The Morgan fingerprint density at radius 3 is 2.11 bits per heavy atom. The minimum atomic E-state index is -1.10. The standard InChI is InChI=1S/C15H19NO3/c1-10(14(18)19)9-13(17)16-12-7-5-11(6-8-12)15(2,3)4/h5-9H,1-4H3,(H,16,17)(H,18,19)/b10-9+. The fourth-order valence-electron chi connectivity index (χ4n) is 1.49. The van der Waals surface area contributed by atoms with E-state index in [9.17, 15) is 9.59 Å². The van der Waals surface area contributed by atoms with Crippen LogP contribution in [0.25, 0.3) is 0 Å². The first kappa shape index (κ1) is 15.0. The van der Waals surface area contributed by atoms with E-state index >= 15 is 0 Å². The molecule has 0 saturated heterocycles. The highest BCUT2D eigenvalue weighted by Gasteiger charge is 2.13. The van der Waals surface area contributed by atoms with Crippen LogP contribution in [0.15, 0.2) is 35.9 Å². The normalized spacial score (nSPS) is 12.1. The van der Waals surface area contributed by atoms with Crippen molar-refractivity contribution in [3.8, 4) is 0 Å². The van der Waals surface area contributed by atoms with Gasteiger partial charge in [0.25, 0.3) is 0 Å². The fourth-order valence-corrected chi connectivity index (χ4v) is 1.49. The van der Waals surface area contributed by atoms with E-state index in [1.54, 1.807) is 0 Å². The molecule has 0 atom stereocenters. The third-order valence-corrected chi connectivity index (χ3v) is 2.70. The maximum atomic E-state index is 11.6. The number of nitrogens with one attached hydrogen (secondary N) is 1. The average Bonchev–Trinajstić information content (AvgIpc) is 2.28. The highest BCUT2D eigenvalue weighted by atomic mass is 16.4. The molecule has 0 heterocycles. The molecule has 0 bridgehead atoms. The van der Waals surface area contributed by atoms with Crippen LogP contribution < -0.4 is 5.32 Å². The number of aliphatic carboxylic acids is 1. The Kier molecular flexibility index (Phi) is 4.48. The summed E-state index contributed by atoms with van der Waals surface area (Å²) in [5.41, 5.74) is 1.88. The third kappa shape index (κ3) is 4.58. The molecule has 19 heavy (non-hydrogen) atoms. The summed E-state index contributed by atoms with van der Waals surface area (Å²) in [6.07, 6.45) is 1.07. The van der Waals surface area contributed by atoms with Crippen LogP contribution in [0.2, 0.25) is 0 Å². The molecule has 4 nitrogen and oxygen atoms in total. The molecule has 4 heteroatoms. The number of hydrogen-bond donors (Lipinski definition) is 2. The number of carboxylic acids is 1. The van der Waals surface area contributed by atoms with Gasteiger partial charge in [-0.1, -0.05) is 32.9 Å². The van der Waals surface area contributed by atoms with Crippen LogP contribution in [-0.4, -0.2) is 17.0 Å². The first-order valence-corrected chi connectivity index (χ1v) is 6.03. The molecule has 1 rings (SSSR count). The van der Waals surface area contributed by atoms with E-state index in [4.69, 9.17) is 5.11 Å². The number of amides is 1. The van der Waals surface area contributed by atoms with Gasteiger partial charge in [0, 0.05) is 17.3 Å². The van der Waals surface area contributed by atoms with E-state index in [1.807, 2.05) is 24.3 Å². The van der Waals surface area contributed by atoms with Gasteiger partial charge in [-0.15, -0.1) is 0 Å². The second kappa shape index (κ2) is 5.69. The quantitative estimate of drug-likeness (QED) is 0.822. The zero-order valence-corrected chi connectivity index (χ0v) is 11.7. The second-order valence-electron chi connectivity index (χ2n) is 5.45. The maximum Gasteiger partial charge on any atom is 0.331 e. The molecule has 1 amide bonds. The maximum absolute atomic E-state index is 11.6. The molecule has 0 radical (unpaired) electrons. The molecular formula is C15H19NO3. The Bertz CT molecular complexity index is 507. The van der Waals surface area contributed by atoms with Crippen molar-refractivity contribution in [3.05, 3.63) is 41.5 Å². The van der Waals surface area contributed by atoms with Gasteiger partial charge in [-0.25, -0.2) is 4.79 Å². The average molecular weight is 261 g/mol. The fraction of sp³-hybridized carbons (Fsp3) is 0.333. The summed E-state index contributed by atoms with van der Waals surface area (Å²) < 4.78 is 0. The molecule has 0 saturated carbocycles. The lowest BCUT2D eigenvalue weighted by atomic mass is 9.87. The molecule has 0 fully saturated rings. The number of benzene rings is 1. The minimum Gasteiger partial charge on any atom is -0.478 e. The van der Waals surface area contributed by atoms with Crippen LogP contribution in [0.3, 0.4) is 0 Å². The Morgan fingerprint density at radius 1 is 1.16 bits per heavy atom. The van der Waals surface area contributed by atoms with Gasteiger partial charge >= 0.3 is 5.97 Å². The van der Waals surface area contributed by atoms with Crippen molar-refractivity contribution in [2.24, 2.45) is 0 Å². The molecular weight excluding hydrogens is 242 g/mol. The van der Waals surface area contributed by atoms with Gasteiger partial charge in [0.15, 0.2) is 0 Å². The highest BCUT2D eigenvalue weighted by molar-refractivity contribution is 6.04. The number of carboxylic acid groups (broad SMARTS) is 1. The van der Waals surface area contributed by atoms with E-state index in [0.29, 0.717) is 5.69 Å². The summed E-state index contributed by atoms with van der Waals surface area (Å²) >= 11 is 0. The highest BCUT2D eigenvalue weighted by Crippen LogP contribution is 2.23. The zero-order valence-electron chi connectivity index (χ0n) is 11.7. The summed E-state index contributed by atoms with van der Waals surface area (Å²) in [6.45, 7) is 7.71. The summed E-state index contributed by atoms with van der Waals surface area (Å²) in [5, 5.41) is 11.3. The predicted molar refractivity (Wildman–Crippen MR) is 75.2 cm³/mol. The van der Waals surface area contributed by atoms with Gasteiger partial charge in [0.1, 0.15) is 0 Å². The van der Waals surface area contributed by atoms with E-state index in [-0.39, 0.29) is 11.0 Å². The molecule has 2 N–H and O–H groups in total. The number of rotatable bonds is 3. The zero-order chi connectivity index (χ0) is 14.6. The van der Waals surface area contributed by atoms with Gasteiger partial charge in [-0.05, 0) is 30.0 Å². The van der Waals surface area contributed by atoms with Crippen LogP contribution in [0.5, 0.6) is 0 Å². The number of anilines is 1. The molecule has 0 aliphatic rings. The van der Waals surface area contributed by atoms with Crippen molar-refractivity contribution < 1.29 is 14.7 Å². The Hall–Kier alpha value is -2.10. The van der Waals surface area contributed by atoms with Gasteiger partial charge in [-0.3, -0.25) is 4.79 Å².